The van der Waals surface area contributed by atoms with E-state index in [2.05, 4.69) is 6.07 Å². The second-order valence-electron chi connectivity index (χ2n) is 3.39. The Hall–Kier alpha value is -0.240. The van der Waals surface area contributed by atoms with Crippen LogP contribution in [0.4, 0.5) is 0 Å². The van der Waals surface area contributed by atoms with Crippen LogP contribution in [-0.4, -0.2) is 19.1 Å². The summed E-state index contributed by atoms with van der Waals surface area (Å²) in [6.07, 6.45) is 0.942. The minimum atomic E-state index is 0.330. The van der Waals surface area contributed by atoms with Crippen molar-refractivity contribution >= 4 is 23.2 Å². The average molecular weight is 247 g/mol. The van der Waals surface area contributed by atoms with Crippen LogP contribution in [0.3, 0.4) is 0 Å². The first kappa shape index (κ1) is 12.8. The van der Waals surface area contributed by atoms with Gasteiger partial charge in [-0.05, 0) is 37.0 Å². The van der Waals surface area contributed by atoms with E-state index in [4.69, 9.17) is 27.9 Å². The Morgan fingerprint density at radius 2 is 2.20 bits per heavy atom. The van der Waals surface area contributed by atoms with Crippen molar-refractivity contribution in [3.05, 3.63) is 34.9 Å². The topological polar surface area (TPSA) is 9.23 Å². The molecule has 0 saturated carbocycles. The molecule has 0 aliphatic carbocycles. The van der Waals surface area contributed by atoms with E-state index in [0.717, 1.165) is 24.7 Å². The van der Waals surface area contributed by atoms with Gasteiger partial charge in [0.2, 0.25) is 0 Å². The van der Waals surface area contributed by atoms with Crippen molar-refractivity contribution in [1.82, 2.24) is 0 Å². The molecule has 1 aromatic rings. The lowest BCUT2D eigenvalue weighted by Gasteiger charge is -2.14. The molecule has 0 heterocycles. The lowest BCUT2D eigenvalue weighted by atomic mass is 9.98. The number of rotatable bonds is 6. The van der Waals surface area contributed by atoms with Gasteiger partial charge in [-0.2, -0.15) is 0 Å². The van der Waals surface area contributed by atoms with Crippen LogP contribution in [-0.2, 0) is 4.74 Å². The Kier molecular flexibility index (Phi) is 6.07. The van der Waals surface area contributed by atoms with Gasteiger partial charge in [-0.25, -0.2) is 0 Å². The van der Waals surface area contributed by atoms with E-state index < -0.39 is 0 Å². The van der Waals surface area contributed by atoms with Crippen LogP contribution in [0.2, 0.25) is 5.02 Å². The largest absolute Gasteiger partial charge is 0.382 e. The molecule has 0 aliphatic heterocycles. The fourth-order valence-corrected chi connectivity index (χ4v) is 1.99. The van der Waals surface area contributed by atoms with Gasteiger partial charge in [0.25, 0.3) is 0 Å². The lowest BCUT2D eigenvalue weighted by molar-refractivity contribution is 0.141. The number of benzene rings is 1. The Balaban J connectivity index is 2.57. The van der Waals surface area contributed by atoms with Crippen molar-refractivity contribution < 1.29 is 4.74 Å². The molecular formula is C12H16Cl2O. The Morgan fingerprint density at radius 1 is 1.40 bits per heavy atom. The number of alkyl halides is 1. The van der Waals surface area contributed by atoms with Crippen LogP contribution < -0.4 is 0 Å². The highest BCUT2D eigenvalue weighted by atomic mass is 35.5. The summed E-state index contributed by atoms with van der Waals surface area (Å²) in [5.74, 6) is 0.935. The van der Waals surface area contributed by atoms with Crippen LogP contribution in [0.1, 0.15) is 24.8 Å². The van der Waals surface area contributed by atoms with Crippen LogP contribution in [0, 0.1) is 0 Å². The standard InChI is InChI=1S/C12H16Cl2O/c1-2-15-7-6-11(9-13)10-4-3-5-12(14)8-10/h3-5,8,11H,2,6-7,9H2,1H3. The Labute approximate surface area is 101 Å². The first-order valence-corrected chi connectivity index (χ1v) is 6.08. The minimum absolute atomic E-state index is 0.330. The average Bonchev–Trinajstić information content (AvgIpc) is 2.24. The summed E-state index contributed by atoms with van der Waals surface area (Å²) in [6, 6.07) is 7.86. The van der Waals surface area contributed by atoms with E-state index in [1.807, 2.05) is 25.1 Å². The van der Waals surface area contributed by atoms with E-state index in [9.17, 15) is 0 Å². The highest BCUT2D eigenvalue weighted by Crippen LogP contribution is 2.23. The van der Waals surface area contributed by atoms with Crippen molar-refractivity contribution in [2.45, 2.75) is 19.3 Å². The van der Waals surface area contributed by atoms with Gasteiger partial charge in [0.15, 0.2) is 0 Å². The molecule has 0 radical (unpaired) electrons. The number of ether oxygens (including phenoxy) is 1. The quantitative estimate of drug-likeness (QED) is 0.543. The van der Waals surface area contributed by atoms with Crippen molar-refractivity contribution in [2.24, 2.45) is 0 Å². The van der Waals surface area contributed by atoms with Crippen molar-refractivity contribution in [3.8, 4) is 0 Å². The molecule has 0 aliphatic rings. The maximum absolute atomic E-state index is 5.93. The molecule has 0 N–H and O–H groups in total. The van der Waals surface area contributed by atoms with Gasteiger partial charge in [0.05, 0.1) is 0 Å². The minimum Gasteiger partial charge on any atom is -0.382 e. The molecule has 1 aromatic carbocycles. The van der Waals surface area contributed by atoms with E-state index in [1.165, 1.54) is 5.56 Å². The molecule has 0 saturated heterocycles. The normalized spacial score (nSPS) is 12.7. The molecule has 0 fully saturated rings. The maximum atomic E-state index is 5.93. The molecule has 1 unspecified atom stereocenters. The molecule has 84 valence electrons. The highest BCUT2D eigenvalue weighted by Gasteiger charge is 2.10. The fourth-order valence-electron chi connectivity index (χ4n) is 1.46. The van der Waals surface area contributed by atoms with Crippen LogP contribution in [0.5, 0.6) is 0 Å². The van der Waals surface area contributed by atoms with Crippen molar-refractivity contribution in [2.75, 3.05) is 19.1 Å². The molecule has 0 aromatic heterocycles. The molecule has 1 atom stereocenters. The van der Waals surface area contributed by atoms with Crippen LogP contribution in [0.15, 0.2) is 24.3 Å². The van der Waals surface area contributed by atoms with E-state index >= 15 is 0 Å². The Bertz CT molecular complexity index is 289. The zero-order chi connectivity index (χ0) is 11.1. The third-order valence-electron chi connectivity index (χ3n) is 2.32. The Morgan fingerprint density at radius 3 is 2.80 bits per heavy atom. The van der Waals surface area contributed by atoms with E-state index in [1.54, 1.807) is 0 Å². The van der Waals surface area contributed by atoms with Gasteiger partial charge in [-0.15, -0.1) is 11.6 Å². The molecule has 0 amide bonds. The first-order chi connectivity index (χ1) is 7.27. The molecular weight excluding hydrogens is 231 g/mol. The fraction of sp³-hybridized carbons (Fsp3) is 0.500. The summed E-state index contributed by atoms with van der Waals surface area (Å²) in [4.78, 5) is 0. The van der Waals surface area contributed by atoms with Crippen LogP contribution >= 0.6 is 23.2 Å². The summed E-state index contributed by atoms with van der Waals surface area (Å²) in [6.45, 7) is 3.50. The van der Waals surface area contributed by atoms with Crippen LogP contribution in [0.25, 0.3) is 0 Å². The molecule has 1 nitrogen and oxygen atoms in total. The maximum Gasteiger partial charge on any atom is 0.0472 e. The number of halogens is 2. The van der Waals surface area contributed by atoms with E-state index in [-0.39, 0.29) is 0 Å². The van der Waals surface area contributed by atoms with Gasteiger partial charge >= 0.3 is 0 Å². The zero-order valence-electron chi connectivity index (χ0n) is 8.88. The summed E-state index contributed by atoms with van der Waals surface area (Å²) in [5, 5.41) is 0.763. The third-order valence-corrected chi connectivity index (χ3v) is 2.93. The molecule has 0 spiro atoms. The summed E-state index contributed by atoms with van der Waals surface area (Å²) in [7, 11) is 0. The van der Waals surface area contributed by atoms with Gasteiger partial charge in [-0.1, -0.05) is 23.7 Å². The summed E-state index contributed by atoms with van der Waals surface area (Å²) < 4.78 is 5.33. The molecule has 3 heteroatoms. The van der Waals surface area contributed by atoms with Gasteiger partial charge < -0.3 is 4.74 Å². The predicted molar refractivity (Wildman–Crippen MR) is 66.0 cm³/mol. The van der Waals surface area contributed by atoms with Gasteiger partial charge in [-0.3, -0.25) is 0 Å². The third kappa shape index (κ3) is 4.42. The monoisotopic (exact) mass is 246 g/mol. The number of hydrogen-bond acceptors (Lipinski definition) is 1. The van der Waals surface area contributed by atoms with Crippen molar-refractivity contribution in [3.63, 3.8) is 0 Å². The zero-order valence-corrected chi connectivity index (χ0v) is 10.4. The highest BCUT2D eigenvalue weighted by molar-refractivity contribution is 6.30. The smallest absolute Gasteiger partial charge is 0.0472 e. The molecule has 1 rings (SSSR count). The second-order valence-corrected chi connectivity index (χ2v) is 4.14. The summed E-state index contributed by atoms with van der Waals surface area (Å²) in [5.41, 5.74) is 1.19. The first-order valence-electron chi connectivity index (χ1n) is 5.17. The molecule has 15 heavy (non-hydrogen) atoms. The van der Waals surface area contributed by atoms with Gasteiger partial charge in [0.1, 0.15) is 0 Å². The second kappa shape index (κ2) is 7.10. The molecule has 0 bridgehead atoms. The predicted octanol–water partition coefficient (Wildman–Crippen LogP) is 4.09. The van der Waals surface area contributed by atoms with Gasteiger partial charge in [0, 0.05) is 24.1 Å². The SMILES string of the molecule is CCOCCC(CCl)c1cccc(Cl)c1. The van der Waals surface area contributed by atoms with Crippen molar-refractivity contribution in [1.29, 1.82) is 0 Å². The summed E-state index contributed by atoms with van der Waals surface area (Å²) >= 11 is 11.9. The lowest BCUT2D eigenvalue weighted by Crippen LogP contribution is -2.05. The van der Waals surface area contributed by atoms with E-state index in [0.29, 0.717) is 11.8 Å². The number of hydrogen-bond donors (Lipinski definition) is 0.